The average Bonchev–Trinajstić information content (AvgIpc) is 2.74. The molecule has 0 saturated carbocycles. The molecule has 0 aromatic heterocycles. The van der Waals surface area contributed by atoms with Gasteiger partial charge >= 0.3 is 0 Å². The molecule has 0 bridgehead atoms. The first kappa shape index (κ1) is 25.3. The SMILES string of the molecule is CN=C(NCCCOCC1CCOCC1)N1CC(C)OC(c2ccc(F)cc2)C1.I. The van der Waals surface area contributed by atoms with Crippen LogP contribution in [0.3, 0.4) is 0 Å². The Labute approximate surface area is 196 Å². The van der Waals surface area contributed by atoms with E-state index >= 15 is 0 Å². The van der Waals surface area contributed by atoms with E-state index in [1.165, 1.54) is 12.1 Å². The van der Waals surface area contributed by atoms with E-state index in [0.717, 1.165) is 70.3 Å². The van der Waals surface area contributed by atoms with Gasteiger partial charge in [-0.3, -0.25) is 4.99 Å². The Bertz CT molecular complexity index is 641. The smallest absolute Gasteiger partial charge is 0.193 e. The van der Waals surface area contributed by atoms with E-state index < -0.39 is 0 Å². The van der Waals surface area contributed by atoms with E-state index in [9.17, 15) is 4.39 Å². The van der Waals surface area contributed by atoms with Crippen LogP contribution in [-0.2, 0) is 14.2 Å². The van der Waals surface area contributed by atoms with Crippen LogP contribution in [0.1, 0.15) is 37.9 Å². The van der Waals surface area contributed by atoms with Crippen LogP contribution in [0.5, 0.6) is 0 Å². The van der Waals surface area contributed by atoms with Gasteiger partial charge in [-0.05, 0) is 49.8 Å². The molecule has 1 aromatic rings. The summed E-state index contributed by atoms with van der Waals surface area (Å²) < 4.78 is 30.5. The lowest BCUT2D eigenvalue weighted by Gasteiger charge is -2.38. The van der Waals surface area contributed by atoms with Crippen LogP contribution in [0.2, 0.25) is 0 Å². The van der Waals surface area contributed by atoms with E-state index in [1.54, 1.807) is 19.2 Å². The molecule has 3 rings (SSSR count). The minimum Gasteiger partial charge on any atom is -0.381 e. The van der Waals surface area contributed by atoms with Gasteiger partial charge in [0, 0.05) is 46.6 Å². The zero-order chi connectivity index (χ0) is 20.5. The molecule has 1 aromatic carbocycles. The van der Waals surface area contributed by atoms with Gasteiger partial charge in [-0.25, -0.2) is 4.39 Å². The summed E-state index contributed by atoms with van der Waals surface area (Å²) >= 11 is 0. The highest BCUT2D eigenvalue weighted by molar-refractivity contribution is 14.0. The summed E-state index contributed by atoms with van der Waals surface area (Å²) in [7, 11) is 1.80. The third-order valence-electron chi connectivity index (χ3n) is 5.46. The van der Waals surface area contributed by atoms with Crippen molar-refractivity contribution in [3.8, 4) is 0 Å². The van der Waals surface area contributed by atoms with Gasteiger partial charge in [0.1, 0.15) is 11.9 Å². The minimum atomic E-state index is -0.231. The Balaban J connectivity index is 0.00000320. The maximum Gasteiger partial charge on any atom is 0.193 e. The number of morpholine rings is 1. The van der Waals surface area contributed by atoms with Gasteiger partial charge < -0.3 is 24.4 Å². The molecule has 2 unspecified atom stereocenters. The standard InChI is InChI=1S/C22H34FN3O3.HI/c1-17-14-26(15-21(29-17)19-4-6-20(23)7-5-19)22(24-2)25-10-3-11-28-16-18-8-12-27-13-9-18;/h4-7,17-18,21H,3,8-16H2,1-2H3,(H,24,25);1H. The average molecular weight is 535 g/mol. The minimum absolute atomic E-state index is 0. The molecule has 2 aliphatic heterocycles. The summed E-state index contributed by atoms with van der Waals surface area (Å²) in [6, 6.07) is 6.55. The first-order valence-corrected chi connectivity index (χ1v) is 10.7. The monoisotopic (exact) mass is 535 g/mol. The van der Waals surface area contributed by atoms with Crippen molar-refractivity contribution in [2.45, 2.75) is 38.4 Å². The van der Waals surface area contributed by atoms with Crippen LogP contribution in [0.15, 0.2) is 29.3 Å². The summed E-state index contributed by atoms with van der Waals surface area (Å²) in [5.74, 6) is 1.28. The fraction of sp³-hybridized carbons (Fsp3) is 0.682. The number of halogens is 2. The van der Waals surface area contributed by atoms with Crippen molar-refractivity contribution in [2.24, 2.45) is 10.9 Å². The molecule has 1 N–H and O–H groups in total. The number of nitrogens with one attached hydrogen (secondary N) is 1. The second kappa shape index (κ2) is 13.4. The van der Waals surface area contributed by atoms with Crippen molar-refractivity contribution in [1.29, 1.82) is 0 Å². The molecule has 8 heteroatoms. The number of nitrogens with zero attached hydrogens (tertiary/aromatic N) is 2. The fourth-order valence-corrected chi connectivity index (χ4v) is 3.86. The van der Waals surface area contributed by atoms with Gasteiger partial charge in [-0.1, -0.05) is 12.1 Å². The highest BCUT2D eigenvalue weighted by atomic mass is 127. The van der Waals surface area contributed by atoms with Gasteiger partial charge in [0.15, 0.2) is 5.96 Å². The van der Waals surface area contributed by atoms with Crippen LogP contribution >= 0.6 is 24.0 Å². The summed E-state index contributed by atoms with van der Waals surface area (Å²) in [6.07, 6.45) is 3.12. The normalized spacial score (nSPS) is 23.2. The molecular weight excluding hydrogens is 500 g/mol. The summed E-state index contributed by atoms with van der Waals surface area (Å²) in [6.45, 7) is 7.64. The maximum atomic E-state index is 13.2. The number of rotatable bonds is 7. The van der Waals surface area contributed by atoms with Gasteiger partial charge in [0.05, 0.1) is 12.6 Å². The molecular formula is C22H35FIN3O3. The van der Waals surface area contributed by atoms with E-state index in [2.05, 4.69) is 22.1 Å². The zero-order valence-corrected chi connectivity index (χ0v) is 20.3. The molecule has 2 heterocycles. The van der Waals surface area contributed by atoms with Crippen LogP contribution in [0, 0.1) is 11.7 Å². The number of hydrogen-bond acceptors (Lipinski definition) is 4. The molecule has 0 radical (unpaired) electrons. The lowest BCUT2D eigenvalue weighted by atomic mass is 10.0. The Kier molecular flexibility index (Phi) is 11.3. The summed E-state index contributed by atoms with van der Waals surface area (Å²) in [4.78, 5) is 6.65. The van der Waals surface area contributed by atoms with Gasteiger partial charge in [0.2, 0.25) is 0 Å². The number of benzene rings is 1. The van der Waals surface area contributed by atoms with Crippen molar-refractivity contribution in [2.75, 3.05) is 53.1 Å². The number of ether oxygens (including phenoxy) is 3. The van der Waals surface area contributed by atoms with Crippen LogP contribution in [0.25, 0.3) is 0 Å². The zero-order valence-electron chi connectivity index (χ0n) is 18.0. The maximum absolute atomic E-state index is 13.2. The van der Waals surface area contributed by atoms with Crippen molar-refractivity contribution in [3.63, 3.8) is 0 Å². The van der Waals surface area contributed by atoms with Gasteiger partial charge in [-0.15, -0.1) is 24.0 Å². The lowest BCUT2D eigenvalue weighted by Crippen LogP contribution is -2.50. The van der Waals surface area contributed by atoms with Gasteiger partial charge in [0.25, 0.3) is 0 Å². The third-order valence-corrected chi connectivity index (χ3v) is 5.46. The Morgan fingerprint density at radius 1 is 1.23 bits per heavy atom. The number of hydrogen-bond donors (Lipinski definition) is 1. The first-order valence-electron chi connectivity index (χ1n) is 10.7. The van der Waals surface area contributed by atoms with Crippen LogP contribution in [-0.4, -0.2) is 70.1 Å². The molecule has 170 valence electrons. The largest absolute Gasteiger partial charge is 0.381 e. The molecule has 0 amide bonds. The highest BCUT2D eigenvalue weighted by Crippen LogP contribution is 2.25. The Hall–Kier alpha value is -0.970. The molecule has 6 nitrogen and oxygen atoms in total. The molecule has 2 saturated heterocycles. The van der Waals surface area contributed by atoms with Crippen LogP contribution in [0.4, 0.5) is 4.39 Å². The summed E-state index contributed by atoms with van der Waals surface area (Å²) in [5.41, 5.74) is 0.986. The van der Waals surface area contributed by atoms with E-state index in [-0.39, 0.29) is 42.0 Å². The van der Waals surface area contributed by atoms with Crippen molar-refractivity contribution in [3.05, 3.63) is 35.6 Å². The highest BCUT2D eigenvalue weighted by Gasteiger charge is 2.28. The van der Waals surface area contributed by atoms with E-state index in [4.69, 9.17) is 14.2 Å². The Morgan fingerprint density at radius 2 is 1.97 bits per heavy atom. The second-order valence-corrected chi connectivity index (χ2v) is 7.85. The lowest BCUT2D eigenvalue weighted by molar-refractivity contribution is -0.0605. The topological polar surface area (TPSA) is 55.3 Å². The number of aliphatic imine (C=N–C) groups is 1. The quantitative estimate of drug-likeness (QED) is 0.250. The third kappa shape index (κ3) is 7.94. The molecule has 0 spiro atoms. The number of guanidine groups is 1. The molecule has 0 aliphatic carbocycles. The predicted octanol–water partition coefficient (Wildman–Crippen LogP) is 3.61. The van der Waals surface area contributed by atoms with E-state index in [1.807, 2.05) is 0 Å². The van der Waals surface area contributed by atoms with Gasteiger partial charge in [-0.2, -0.15) is 0 Å². The summed E-state index contributed by atoms with van der Waals surface area (Å²) in [5, 5.41) is 3.44. The van der Waals surface area contributed by atoms with E-state index in [0.29, 0.717) is 12.5 Å². The fourth-order valence-electron chi connectivity index (χ4n) is 3.86. The van der Waals surface area contributed by atoms with Crippen molar-refractivity contribution < 1.29 is 18.6 Å². The second-order valence-electron chi connectivity index (χ2n) is 7.85. The van der Waals surface area contributed by atoms with Crippen molar-refractivity contribution >= 4 is 29.9 Å². The molecule has 30 heavy (non-hydrogen) atoms. The molecule has 2 atom stereocenters. The molecule has 2 aliphatic rings. The predicted molar refractivity (Wildman–Crippen MR) is 127 cm³/mol. The Morgan fingerprint density at radius 3 is 2.67 bits per heavy atom. The van der Waals surface area contributed by atoms with Crippen LogP contribution < -0.4 is 5.32 Å². The van der Waals surface area contributed by atoms with Crippen molar-refractivity contribution in [1.82, 2.24) is 10.2 Å². The molecule has 2 fully saturated rings. The first-order chi connectivity index (χ1) is 14.2.